The predicted molar refractivity (Wildman–Crippen MR) is 73.8 cm³/mol. The van der Waals surface area contributed by atoms with Crippen LogP contribution in [0.15, 0.2) is 48.5 Å². The zero-order valence-electron chi connectivity index (χ0n) is 9.67. The van der Waals surface area contributed by atoms with Crippen LogP contribution >= 0.6 is 0 Å². The molecule has 1 heterocycles. The van der Waals surface area contributed by atoms with Gasteiger partial charge in [-0.25, -0.2) is 9.97 Å². The average Bonchev–Trinajstić information content (AvgIpc) is 2.38. The number of para-hydroxylation sites is 2. The summed E-state index contributed by atoms with van der Waals surface area (Å²) in [7, 11) is 0. The Morgan fingerprint density at radius 3 is 2.33 bits per heavy atom. The lowest BCUT2D eigenvalue weighted by Crippen LogP contribution is -1.99. The first-order chi connectivity index (χ1) is 8.75. The van der Waals surface area contributed by atoms with Gasteiger partial charge in [0.1, 0.15) is 0 Å². The van der Waals surface area contributed by atoms with E-state index in [4.69, 9.17) is 11.5 Å². The van der Waals surface area contributed by atoms with Crippen LogP contribution in [0.2, 0.25) is 0 Å². The molecular weight excluding hydrogens is 224 g/mol. The third kappa shape index (κ3) is 1.64. The molecule has 0 radical (unpaired) electrons. The van der Waals surface area contributed by atoms with Crippen LogP contribution in [-0.4, -0.2) is 9.97 Å². The van der Waals surface area contributed by atoms with Crippen LogP contribution < -0.4 is 11.5 Å². The predicted octanol–water partition coefficient (Wildman–Crippen LogP) is 2.46. The van der Waals surface area contributed by atoms with Gasteiger partial charge in [0.15, 0.2) is 0 Å². The SMILES string of the molecule is Nc1nc(-c2ccccc2N)c2ccccc2n1. The van der Waals surface area contributed by atoms with Crippen LogP contribution in [0.3, 0.4) is 0 Å². The van der Waals surface area contributed by atoms with Crippen molar-refractivity contribution in [2.75, 3.05) is 11.5 Å². The van der Waals surface area contributed by atoms with Crippen LogP contribution in [0.25, 0.3) is 22.2 Å². The molecule has 3 aromatic rings. The largest absolute Gasteiger partial charge is 0.398 e. The highest BCUT2D eigenvalue weighted by Crippen LogP contribution is 2.30. The van der Waals surface area contributed by atoms with Gasteiger partial charge in [-0.2, -0.15) is 0 Å². The Morgan fingerprint density at radius 2 is 1.50 bits per heavy atom. The summed E-state index contributed by atoms with van der Waals surface area (Å²) in [4.78, 5) is 8.54. The van der Waals surface area contributed by atoms with Crippen molar-refractivity contribution in [2.45, 2.75) is 0 Å². The average molecular weight is 236 g/mol. The van der Waals surface area contributed by atoms with Gasteiger partial charge in [0, 0.05) is 16.6 Å². The maximum atomic E-state index is 5.99. The van der Waals surface area contributed by atoms with E-state index < -0.39 is 0 Å². The van der Waals surface area contributed by atoms with Crippen LogP contribution in [0.4, 0.5) is 11.6 Å². The summed E-state index contributed by atoms with van der Waals surface area (Å²) in [5.41, 5.74) is 14.9. The highest BCUT2D eigenvalue weighted by atomic mass is 15.0. The summed E-state index contributed by atoms with van der Waals surface area (Å²) in [5.74, 6) is 0.256. The standard InChI is InChI=1S/C14H12N4/c15-11-7-3-1-5-9(11)13-10-6-2-4-8-12(10)17-14(16)18-13/h1-8H,15H2,(H2,16,17,18). The van der Waals surface area contributed by atoms with Crippen LogP contribution in [0.1, 0.15) is 0 Å². The molecule has 0 bridgehead atoms. The van der Waals surface area contributed by atoms with Gasteiger partial charge >= 0.3 is 0 Å². The molecule has 0 aliphatic carbocycles. The van der Waals surface area contributed by atoms with Crippen LogP contribution in [0.5, 0.6) is 0 Å². The molecule has 0 aliphatic heterocycles. The second-order valence-electron chi connectivity index (χ2n) is 4.03. The number of fused-ring (bicyclic) bond motifs is 1. The smallest absolute Gasteiger partial charge is 0.221 e. The van der Waals surface area contributed by atoms with Gasteiger partial charge in [-0.3, -0.25) is 0 Å². The molecule has 0 unspecified atom stereocenters. The number of nitrogens with two attached hydrogens (primary N) is 2. The maximum absolute atomic E-state index is 5.99. The van der Waals surface area contributed by atoms with Crippen molar-refractivity contribution in [3.63, 3.8) is 0 Å². The van der Waals surface area contributed by atoms with E-state index in [9.17, 15) is 0 Å². The van der Waals surface area contributed by atoms with Crippen molar-refractivity contribution in [1.29, 1.82) is 0 Å². The third-order valence-corrected chi connectivity index (χ3v) is 2.84. The first kappa shape index (κ1) is 10.5. The fraction of sp³-hybridized carbons (Fsp3) is 0. The summed E-state index contributed by atoms with van der Waals surface area (Å²) < 4.78 is 0. The minimum absolute atomic E-state index is 0.256. The number of hydrogen-bond acceptors (Lipinski definition) is 4. The molecule has 0 atom stereocenters. The second kappa shape index (κ2) is 4.00. The summed E-state index contributed by atoms with van der Waals surface area (Å²) >= 11 is 0. The van der Waals surface area contributed by atoms with E-state index in [1.54, 1.807) is 0 Å². The van der Waals surface area contributed by atoms with Crippen molar-refractivity contribution in [3.8, 4) is 11.3 Å². The Kier molecular flexibility index (Phi) is 2.34. The molecule has 0 amide bonds. The molecule has 2 aromatic carbocycles. The van der Waals surface area contributed by atoms with Crippen molar-refractivity contribution in [3.05, 3.63) is 48.5 Å². The first-order valence-corrected chi connectivity index (χ1v) is 5.63. The summed E-state index contributed by atoms with van der Waals surface area (Å²) in [6.45, 7) is 0. The van der Waals surface area contributed by atoms with Crippen molar-refractivity contribution < 1.29 is 0 Å². The van der Waals surface area contributed by atoms with Gasteiger partial charge in [0.2, 0.25) is 5.95 Å². The second-order valence-corrected chi connectivity index (χ2v) is 4.03. The number of benzene rings is 2. The molecule has 3 rings (SSSR count). The number of nitrogens with zero attached hydrogens (tertiary/aromatic N) is 2. The summed E-state index contributed by atoms with van der Waals surface area (Å²) in [6.07, 6.45) is 0. The highest BCUT2D eigenvalue weighted by molar-refractivity contribution is 5.95. The molecule has 0 aliphatic rings. The molecule has 4 heteroatoms. The van der Waals surface area contributed by atoms with Crippen molar-refractivity contribution in [1.82, 2.24) is 9.97 Å². The monoisotopic (exact) mass is 236 g/mol. The highest BCUT2D eigenvalue weighted by Gasteiger charge is 2.10. The molecule has 4 N–H and O–H groups in total. The summed E-state index contributed by atoms with van der Waals surface area (Å²) in [6, 6.07) is 15.4. The maximum Gasteiger partial charge on any atom is 0.221 e. The molecule has 0 saturated heterocycles. The Bertz CT molecular complexity index is 722. The lowest BCUT2D eigenvalue weighted by Gasteiger charge is -2.08. The Morgan fingerprint density at radius 1 is 0.778 bits per heavy atom. The topological polar surface area (TPSA) is 77.8 Å². The lowest BCUT2D eigenvalue weighted by atomic mass is 10.0. The van der Waals surface area contributed by atoms with E-state index in [2.05, 4.69) is 9.97 Å². The number of hydrogen-bond donors (Lipinski definition) is 2. The molecule has 0 fully saturated rings. The molecule has 18 heavy (non-hydrogen) atoms. The van der Waals surface area contributed by atoms with E-state index in [0.29, 0.717) is 5.69 Å². The molecule has 0 saturated carbocycles. The van der Waals surface area contributed by atoms with Crippen molar-refractivity contribution in [2.24, 2.45) is 0 Å². The van der Waals surface area contributed by atoms with Gasteiger partial charge in [-0.15, -0.1) is 0 Å². The van der Waals surface area contributed by atoms with Crippen LogP contribution in [-0.2, 0) is 0 Å². The van der Waals surface area contributed by atoms with Gasteiger partial charge in [0.05, 0.1) is 11.2 Å². The van der Waals surface area contributed by atoms with Gasteiger partial charge in [-0.05, 0) is 12.1 Å². The number of anilines is 2. The van der Waals surface area contributed by atoms with E-state index in [0.717, 1.165) is 22.2 Å². The normalized spacial score (nSPS) is 10.7. The molecule has 0 spiro atoms. The molecular formula is C14H12N4. The fourth-order valence-electron chi connectivity index (χ4n) is 2.01. The Labute approximate surface area is 104 Å². The van der Waals surface area contributed by atoms with E-state index in [-0.39, 0.29) is 5.95 Å². The lowest BCUT2D eigenvalue weighted by molar-refractivity contribution is 1.24. The molecule has 4 nitrogen and oxygen atoms in total. The number of aromatic nitrogens is 2. The first-order valence-electron chi connectivity index (χ1n) is 5.63. The third-order valence-electron chi connectivity index (χ3n) is 2.84. The molecule has 1 aromatic heterocycles. The Hall–Kier alpha value is -2.62. The Balaban J connectivity index is 2.39. The summed E-state index contributed by atoms with van der Waals surface area (Å²) in [5, 5.41) is 0.949. The number of rotatable bonds is 1. The van der Waals surface area contributed by atoms with Gasteiger partial charge in [-0.1, -0.05) is 36.4 Å². The zero-order chi connectivity index (χ0) is 12.5. The van der Waals surface area contributed by atoms with E-state index >= 15 is 0 Å². The van der Waals surface area contributed by atoms with Crippen molar-refractivity contribution >= 4 is 22.5 Å². The van der Waals surface area contributed by atoms with E-state index in [1.807, 2.05) is 48.5 Å². The minimum atomic E-state index is 0.256. The van der Waals surface area contributed by atoms with Gasteiger partial charge < -0.3 is 11.5 Å². The minimum Gasteiger partial charge on any atom is -0.398 e. The van der Waals surface area contributed by atoms with Gasteiger partial charge in [0.25, 0.3) is 0 Å². The molecule has 88 valence electrons. The quantitative estimate of drug-likeness (QED) is 0.636. The number of nitrogen functional groups attached to an aromatic ring is 2. The zero-order valence-corrected chi connectivity index (χ0v) is 9.67. The fourth-order valence-corrected chi connectivity index (χ4v) is 2.01. The van der Waals surface area contributed by atoms with E-state index in [1.165, 1.54) is 0 Å². The van der Waals surface area contributed by atoms with Crippen LogP contribution in [0, 0.1) is 0 Å².